The summed E-state index contributed by atoms with van der Waals surface area (Å²) < 4.78 is 14.1. The lowest BCUT2D eigenvalue weighted by atomic mass is 10.2. The Morgan fingerprint density at radius 3 is 2.20 bits per heavy atom. The maximum atomic E-state index is 13.1. The highest BCUT2D eigenvalue weighted by Gasteiger charge is 2.07. The van der Waals surface area contributed by atoms with E-state index in [2.05, 4.69) is 36.5 Å². The number of halogens is 2. The van der Waals surface area contributed by atoms with Crippen LogP contribution in [-0.4, -0.2) is 15.9 Å². The zero-order valence-electron chi connectivity index (χ0n) is 15.6. The van der Waals surface area contributed by atoms with Crippen molar-refractivity contribution in [1.82, 2.24) is 9.97 Å². The second-order valence-corrected chi connectivity index (χ2v) is 7.35. The summed E-state index contributed by atoms with van der Waals surface area (Å²) in [4.78, 5) is 21.1. The Bertz CT molecular complexity index is 1160. The molecule has 30 heavy (non-hydrogen) atoms. The lowest BCUT2D eigenvalue weighted by molar-refractivity contribution is 0.102. The van der Waals surface area contributed by atoms with Gasteiger partial charge in [0.2, 0.25) is 0 Å². The summed E-state index contributed by atoms with van der Waals surface area (Å²) in [6.07, 6.45) is 1.63. The second-order valence-electron chi connectivity index (χ2n) is 6.44. The van der Waals surface area contributed by atoms with Crippen molar-refractivity contribution in [2.24, 2.45) is 0 Å². The van der Waals surface area contributed by atoms with Gasteiger partial charge in [-0.1, -0.05) is 15.9 Å². The van der Waals surface area contributed by atoms with E-state index in [1.807, 2.05) is 24.3 Å². The Hall–Kier alpha value is -3.58. The molecule has 5 nitrogen and oxygen atoms in total. The number of carbonyl (C=O) groups excluding carboxylic acids is 1. The summed E-state index contributed by atoms with van der Waals surface area (Å²) in [6.45, 7) is 0. The molecule has 2 N–H and O–H groups in total. The SMILES string of the molecule is O=C(Nc1ccc(Br)cc1)c1ccc(Nc2ccnc(-c3ccc(F)cc3)n2)cc1. The standard InChI is InChI=1S/C23H16BrFN4O/c24-17-5-11-20(12-6-17)28-23(30)16-3-9-19(10-4-16)27-21-13-14-26-22(29-21)15-1-7-18(25)8-2-15/h1-14H,(H,28,30)(H,26,27,29). The molecule has 0 fully saturated rings. The van der Waals surface area contributed by atoms with Gasteiger partial charge >= 0.3 is 0 Å². The topological polar surface area (TPSA) is 66.9 Å². The third kappa shape index (κ3) is 4.87. The molecule has 0 aliphatic heterocycles. The maximum Gasteiger partial charge on any atom is 0.255 e. The maximum absolute atomic E-state index is 13.1. The molecule has 0 aliphatic rings. The van der Waals surface area contributed by atoms with Crippen molar-refractivity contribution in [3.8, 4) is 11.4 Å². The first kappa shape index (κ1) is 19.7. The fourth-order valence-electron chi connectivity index (χ4n) is 2.76. The molecule has 0 radical (unpaired) electrons. The molecule has 4 rings (SSSR count). The quantitative estimate of drug-likeness (QED) is 0.379. The van der Waals surface area contributed by atoms with Crippen LogP contribution < -0.4 is 10.6 Å². The molecular formula is C23H16BrFN4O. The molecule has 148 valence electrons. The highest BCUT2D eigenvalue weighted by Crippen LogP contribution is 2.20. The first-order valence-corrected chi connectivity index (χ1v) is 9.89. The van der Waals surface area contributed by atoms with Gasteiger partial charge in [-0.3, -0.25) is 4.79 Å². The van der Waals surface area contributed by atoms with Crippen LogP contribution in [0.25, 0.3) is 11.4 Å². The van der Waals surface area contributed by atoms with Gasteiger partial charge in [-0.2, -0.15) is 0 Å². The first-order chi connectivity index (χ1) is 14.6. The number of rotatable bonds is 5. The van der Waals surface area contributed by atoms with Crippen LogP contribution in [0.2, 0.25) is 0 Å². The molecule has 1 heterocycles. The van der Waals surface area contributed by atoms with Crippen LogP contribution in [0.4, 0.5) is 21.6 Å². The minimum atomic E-state index is -0.308. The van der Waals surface area contributed by atoms with Crippen molar-refractivity contribution in [3.05, 3.63) is 101 Å². The van der Waals surface area contributed by atoms with E-state index in [4.69, 9.17) is 0 Å². The fourth-order valence-corrected chi connectivity index (χ4v) is 3.02. The molecule has 7 heteroatoms. The van der Waals surface area contributed by atoms with Gasteiger partial charge in [0.1, 0.15) is 11.6 Å². The van der Waals surface area contributed by atoms with Gasteiger partial charge in [-0.25, -0.2) is 14.4 Å². The molecule has 1 amide bonds. The van der Waals surface area contributed by atoms with Crippen LogP contribution in [-0.2, 0) is 0 Å². The number of anilines is 3. The van der Waals surface area contributed by atoms with E-state index in [0.29, 0.717) is 17.2 Å². The molecule has 0 spiro atoms. The van der Waals surface area contributed by atoms with Crippen LogP contribution >= 0.6 is 15.9 Å². The number of carbonyl (C=O) groups is 1. The van der Waals surface area contributed by atoms with Crippen molar-refractivity contribution in [3.63, 3.8) is 0 Å². The van der Waals surface area contributed by atoms with E-state index in [-0.39, 0.29) is 11.7 Å². The van der Waals surface area contributed by atoms with Crippen LogP contribution in [0.15, 0.2) is 89.5 Å². The second kappa shape index (κ2) is 8.84. The van der Waals surface area contributed by atoms with Gasteiger partial charge in [-0.05, 0) is 78.9 Å². The third-order valence-corrected chi connectivity index (χ3v) is 4.81. The highest BCUT2D eigenvalue weighted by molar-refractivity contribution is 9.10. The van der Waals surface area contributed by atoms with Crippen molar-refractivity contribution in [2.45, 2.75) is 0 Å². The summed E-state index contributed by atoms with van der Waals surface area (Å²) in [7, 11) is 0. The highest BCUT2D eigenvalue weighted by atomic mass is 79.9. The third-order valence-electron chi connectivity index (χ3n) is 4.28. The monoisotopic (exact) mass is 462 g/mol. The van der Waals surface area contributed by atoms with Crippen LogP contribution in [0.1, 0.15) is 10.4 Å². The molecule has 0 saturated carbocycles. The van der Waals surface area contributed by atoms with Gasteiger partial charge in [0.15, 0.2) is 5.82 Å². The molecule has 3 aromatic carbocycles. The van der Waals surface area contributed by atoms with Crippen molar-refractivity contribution >= 4 is 39.0 Å². The van der Waals surface area contributed by atoms with Crippen LogP contribution in [0, 0.1) is 5.82 Å². The summed E-state index contributed by atoms with van der Waals surface area (Å²) in [5.74, 6) is 0.587. The molecule has 0 unspecified atom stereocenters. The van der Waals surface area contributed by atoms with Gasteiger partial charge in [0.05, 0.1) is 0 Å². The largest absolute Gasteiger partial charge is 0.340 e. The van der Waals surface area contributed by atoms with E-state index in [9.17, 15) is 9.18 Å². The first-order valence-electron chi connectivity index (χ1n) is 9.10. The Morgan fingerprint density at radius 2 is 1.50 bits per heavy atom. The molecule has 1 aromatic heterocycles. The number of hydrogen-bond donors (Lipinski definition) is 2. The Balaban J connectivity index is 1.44. The van der Waals surface area contributed by atoms with E-state index < -0.39 is 0 Å². The number of nitrogens with zero attached hydrogens (tertiary/aromatic N) is 2. The lowest BCUT2D eigenvalue weighted by Gasteiger charge is -2.09. The van der Waals surface area contributed by atoms with E-state index >= 15 is 0 Å². The van der Waals surface area contributed by atoms with E-state index in [0.717, 1.165) is 21.4 Å². The van der Waals surface area contributed by atoms with Gasteiger partial charge in [-0.15, -0.1) is 0 Å². The molecule has 0 saturated heterocycles. The minimum Gasteiger partial charge on any atom is -0.340 e. The molecule has 0 aliphatic carbocycles. The molecule has 4 aromatic rings. The normalized spacial score (nSPS) is 10.5. The summed E-state index contributed by atoms with van der Waals surface area (Å²) in [6, 6.07) is 22.2. The fraction of sp³-hybridized carbons (Fsp3) is 0. The molecule has 0 atom stereocenters. The smallest absolute Gasteiger partial charge is 0.255 e. The predicted molar refractivity (Wildman–Crippen MR) is 119 cm³/mol. The van der Waals surface area contributed by atoms with E-state index in [1.54, 1.807) is 48.7 Å². The molecular weight excluding hydrogens is 447 g/mol. The predicted octanol–water partition coefficient (Wildman–Crippen LogP) is 6.04. The van der Waals surface area contributed by atoms with Gasteiger partial charge in [0, 0.05) is 33.2 Å². The zero-order valence-corrected chi connectivity index (χ0v) is 17.2. The van der Waals surface area contributed by atoms with Crippen LogP contribution in [0.3, 0.4) is 0 Å². The van der Waals surface area contributed by atoms with Crippen molar-refractivity contribution in [2.75, 3.05) is 10.6 Å². The average Bonchev–Trinajstić information content (AvgIpc) is 2.76. The van der Waals surface area contributed by atoms with Crippen LogP contribution in [0.5, 0.6) is 0 Å². The number of amides is 1. The summed E-state index contributed by atoms with van der Waals surface area (Å²) in [5.41, 5.74) is 2.76. The number of hydrogen-bond acceptors (Lipinski definition) is 4. The van der Waals surface area contributed by atoms with E-state index in [1.165, 1.54) is 12.1 Å². The minimum absolute atomic E-state index is 0.190. The van der Waals surface area contributed by atoms with Gasteiger partial charge in [0.25, 0.3) is 5.91 Å². The number of nitrogens with one attached hydrogen (secondary N) is 2. The summed E-state index contributed by atoms with van der Waals surface area (Å²) in [5, 5.41) is 6.04. The number of benzene rings is 3. The zero-order chi connectivity index (χ0) is 20.9. The average molecular weight is 463 g/mol. The Labute approximate surface area is 181 Å². The Morgan fingerprint density at radius 1 is 0.833 bits per heavy atom. The van der Waals surface area contributed by atoms with Crippen molar-refractivity contribution < 1.29 is 9.18 Å². The van der Waals surface area contributed by atoms with Gasteiger partial charge < -0.3 is 10.6 Å². The van der Waals surface area contributed by atoms with Crippen molar-refractivity contribution in [1.29, 1.82) is 0 Å². The lowest BCUT2D eigenvalue weighted by Crippen LogP contribution is -2.11. The molecule has 0 bridgehead atoms. The Kier molecular flexibility index (Phi) is 5.81. The summed E-state index contributed by atoms with van der Waals surface area (Å²) >= 11 is 3.37. The number of aromatic nitrogens is 2.